The van der Waals surface area contributed by atoms with Crippen molar-refractivity contribution in [2.45, 2.75) is 19.3 Å². The molecule has 9 heteroatoms. The summed E-state index contributed by atoms with van der Waals surface area (Å²) in [6.45, 7) is 0. The van der Waals surface area contributed by atoms with Gasteiger partial charge in [0.15, 0.2) is 0 Å². The van der Waals surface area contributed by atoms with Gasteiger partial charge in [0.05, 0.1) is 15.7 Å². The molecule has 0 aliphatic rings. The summed E-state index contributed by atoms with van der Waals surface area (Å²) in [5, 5.41) is 13.4. The van der Waals surface area contributed by atoms with Crippen LogP contribution in [0.25, 0.3) is 0 Å². The monoisotopic (exact) mass is 352 g/mol. The van der Waals surface area contributed by atoms with E-state index in [9.17, 15) is 14.4 Å². The largest absolute Gasteiger partial charge is 0.481 e. The molecular formula is C12H11Cl3N2O4. The Bertz CT molecular complexity index is 555. The third kappa shape index (κ3) is 6.20. The maximum Gasteiger partial charge on any atom is 0.325 e. The smallest absolute Gasteiger partial charge is 0.325 e. The highest BCUT2D eigenvalue weighted by atomic mass is 35.5. The van der Waals surface area contributed by atoms with Crippen LogP contribution >= 0.6 is 34.8 Å². The van der Waals surface area contributed by atoms with E-state index in [0.717, 1.165) is 0 Å². The van der Waals surface area contributed by atoms with E-state index in [-0.39, 0.29) is 35.0 Å². The number of amides is 3. The van der Waals surface area contributed by atoms with Gasteiger partial charge < -0.3 is 10.4 Å². The van der Waals surface area contributed by atoms with Gasteiger partial charge in [-0.1, -0.05) is 34.8 Å². The van der Waals surface area contributed by atoms with Gasteiger partial charge in [-0.15, -0.1) is 0 Å². The van der Waals surface area contributed by atoms with Crippen molar-refractivity contribution in [1.82, 2.24) is 5.32 Å². The fourth-order valence-electron chi connectivity index (χ4n) is 1.40. The van der Waals surface area contributed by atoms with Crippen LogP contribution in [0.4, 0.5) is 10.5 Å². The Balaban J connectivity index is 2.54. The van der Waals surface area contributed by atoms with E-state index in [1.807, 2.05) is 5.32 Å². The van der Waals surface area contributed by atoms with Gasteiger partial charge in [0.1, 0.15) is 0 Å². The number of benzene rings is 1. The minimum absolute atomic E-state index is 0.0815. The van der Waals surface area contributed by atoms with E-state index in [4.69, 9.17) is 39.9 Å². The SMILES string of the molecule is O=C(O)CCCC(=O)NC(=O)Nc1c(Cl)cc(Cl)cc1Cl. The predicted molar refractivity (Wildman–Crippen MR) is 80.1 cm³/mol. The Hall–Kier alpha value is -1.50. The van der Waals surface area contributed by atoms with E-state index in [1.54, 1.807) is 0 Å². The molecule has 1 rings (SSSR count). The molecule has 0 saturated heterocycles. The number of aliphatic carboxylic acids is 1. The molecule has 0 heterocycles. The molecule has 21 heavy (non-hydrogen) atoms. The molecule has 3 N–H and O–H groups in total. The highest BCUT2D eigenvalue weighted by molar-refractivity contribution is 6.42. The molecule has 0 aliphatic heterocycles. The number of nitrogens with one attached hydrogen (secondary N) is 2. The summed E-state index contributed by atoms with van der Waals surface area (Å²) >= 11 is 17.5. The third-order valence-corrected chi connectivity index (χ3v) is 3.11. The lowest BCUT2D eigenvalue weighted by Gasteiger charge is -2.10. The lowest BCUT2D eigenvalue weighted by molar-refractivity contribution is -0.137. The van der Waals surface area contributed by atoms with Crippen molar-refractivity contribution < 1.29 is 19.5 Å². The minimum atomic E-state index is -1.01. The summed E-state index contributed by atoms with van der Waals surface area (Å²) in [5.74, 6) is -1.61. The Morgan fingerprint density at radius 1 is 1.05 bits per heavy atom. The van der Waals surface area contributed by atoms with Gasteiger partial charge >= 0.3 is 12.0 Å². The van der Waals surface area contributed by atoms with Gasteiger partial charge in [-0.05, 0) is 18.6 Å². The maximum absolute atomic E-state index is 11.6. The van der Waals surface area contributed by atoms with Gasteiger partial charge in [-0.25, -0.2) is 4.79 Å². The number of carbonyl (C=O) groups excluding carboxylic acids is 2. The van der Waals surface area contributed by atoms with E-state index < -0.39 is 17.9 Å². The summed E-state index contributed by atoms with van der Waals surface area (Å²) in [6, 6.07) is 1.96. The molecule has 0 saturated carbocycles. The molecule has 0 aliphatic carbocycles. The average Bonchev–Trinajstić information content (AvgIpc) is 2.33. The van der Waals surface area contributed by atoms with Crippen molar-refractivity contribution in [2.24, 2.45) is 0 Å². The number of carboxylic acid groups (broad SMARTS) is 1. The first kappa shape index (κ1) is 17.6. The van der Waals surface area contributed by atoms with Crippen molar-refractivity contribution in [3.63, 3.8) is 0 Å². The lowest BCUT2D eigenvalue weighted by atomic mass is 10.2. The van der Waals surface area contributed by atoms with Crippen LogP contribution < -0.4 is 10.6 Å². The molecule has 0 bridgehead atoms. The van der Waals surface area contributed by atoms with Gasteiger partial charge in [-0.2, -0.15) is 0 Å². The van der Waals surface area contributed by atoms with E-state index in [1.165, 1.54) is 12.1 Å². The zero-order valence-electron chi connectivity index (χ0n) is 10.6. The second kappa shape index (κ2) is 8.07. The Kier molecular flexibility index (Phi) is 6.74. The van der Waals surface area contributed by atoms with Gasteiger partial charge in [-0.3, -0.25) is 14.9 Å². The Labute approximate surface area is 135 Å². The third-order valence-electron chi connectivity index (χ3n) is 2.29. The molecule has 1 aromatic rings. The molecule has 1 aromatic carbocycles. The lowest BCUT2D eigenvalue weighted by Crippen LogP contribution is -2.34. The summed E-state index contributed by atoms with van der Waals surface area (Å²) in [6.07, 6.45) is -0.0947. The van der Waals surface area contributed by atoms with Crippen LogP contribution in [0.3, 0.4) is 0 Å². The molecular weight excluding hydrogens is 343 g/mol. The molecule has 0 spiro atoms. The highest BCUT2D eigenvalue weighted by Gasteiger charge is 2.13. The number of carboxylic acids is 1. The first-order chi connectivity index (χ1) is 9.79. The second-order valence-corrected chi connectivity index (χ2v) is 5.24. The molecule has 3 amide bonds. The number of hydrogen-bond acceptors (Lipinski definition) is 3. The fourth-order valence-corrected chi connectivity index (χ4v) is 2.31. The number of urea groups is 1. The summed E-state index contributed by atoms with van der Waals surface area (Å²) in [4.78, 5) is 33.3. The van der Waals surface area contributed by atoms with Crippen LogP contribution in [0.15, 0.2) is 12.1 Å². The van der Waals surface area contributed by atoms with Crippen LogP contribution in [0.2, 0.25) is 15.1 Å². The summed E-state index contributed by atoms with van der Waals surface area (Å²) in [5.41, 5.74) is 0.124. The van der Waals surface area contributed by atoms with Crippen molar-refractivity contribution in [2.75, 3.05) is 5.32 Å². The summed E-state index contributed by atoms with van der Waals surface area (Å²) < 4.78 is 0. The number of anilines is 1. The summed E-state index contributed by atoms with van der Waals surface area (Å²) in [7, 11) is 0. The topological polar surface area (TPSA) is 95.5 Å². The minimum Gasteiger partial charge on any atom is -0.481 e. The van der Waals surface area contributed by atoms with Crippen LogP contribution in [-0.4, -0.2) is 23.0 Å². The van der Waals surface area contributed by atoms with Gasteiger partial charge in [0.2, 0.25) is 5.91 Å². The zero-order valence-corrected chi connectivity index (χ0v) is 12.8. The fraction of sp³-hybridized carbons (Fsp3) is 0.250. The molecule has 0 fully saturated rings. The number of halogens is 3. The molecule has 0 atom stereocenters. The second-order valence-electron chi connectivity index (χ2n) is 3.99. The van der Waals surface area contributed by atoms with E-state index in [2.05, 4.69) is 5.32 Å². The number of carbonyl (C=O) groups is 3. The first-order valence-electron chi connectivity index (χ1n) is 5.76. The van der Waals surface area contributed by atoms with Crippen molar-refractivity contribution in [1.29, 1.82) is 0 Å². The van der Waals surface area contributed by atoms with E-state index >= 15 is 0 Å². The molecule has 0 radical (unpaired) electrons. The predicted octanol–water partition coefficient (Wildman–Crippen LogP) is 3.55. The van der Waals surface area contributed by atoms with Crippen molar-refractivity contribution in [3.05, 3.63) is 27.2 Å². The van der Waals surface area contributed by atoms with Crippen LogP contribution in [0, 0.1) is 0 Å². The number of hydrogen-bond donors (Lipinski definition) is 3. The first-order valence-corrected chi connectivity index (χ1v) is 6.90. The Morgan fingerprint density at radius 2 is 1.62 bits per heavy atom. The average molecular weight is 354 g/mol. The van der Waals surface area contributed by atoms with Crippen LogP contribution in [0.1, 0.15) is 19.3 Å². The maximum atomic E-state index is 11.6. The van der Waals surface area contributed by atoms with Gasteiger partial charge in [0.25, 0.3) is 0 Å². The molecule has 6 nitrogen and oxygen atoms in total. The molecule has 114 valence electrons. The normalized spacial score (nSPS) is 10.0. The molecule has 0 aromatic heterocycles. The van der Waals surface area contributed by atoms with E-state index in [0.29, 0.717) is 5.02 Å². The quantitative estimate of drug-likeness (QED) is 0.754. The van der Waals surface area contributed by atoms with Crippen LogP contribution in [0.5, 0.6) is 0 Å². The molecule has 0 unspecified atom stereocenters. The van der Waals surface area contributed by atoms with Gasteiger partial charge in [0, 0.05) is 17.9 Å². The Morgan fingerprint density at radius 3 is 2.14 bits per heavy atom. The number of imide groups is 1. The zero-order chi connectivity index (χ0) is 16.0. The van der Waals surface area contributed by atoms with Crippen molar-refractivity contribution in [3.8, 4) is 0 Å². The number of rotatable bonds is 5. The van der Waals surface area contributed by atoms with Crippen LogP contribution in [-0.2, 0) is 9.59 Å². The van der Waals surface area contributed by atoms with Crippen molar-refractivity contribution >= 4 is 58.4 Å². The standard InChI is InChI=1S/C12H11Cl3N2O4/c13-6-4-7(14)11(8(15)5-6)17-12(21)16-9(18)2-1-3-10(19)20/h4-5H,1-3H2,(H,19,20)(H2,16,17,18,21). The highest BCUT2D eigenvalue weighted by Crippen LogP contribution is 2.33.